The van der Waals surface area contributed by atoms with Gasteiger partial charge in [0.25, 0.3) is 0 Å². The van der Waals surface area contributed by atoms with E-state index in [1.807, 2.05) is 19.1 Å². The standard InChI is InChI=1S/C17H16ClF3N2O/c1-11-5-6-13(10-15(11)18)22-8-7-16(24)23-14-4-2-3-12(9-14)17(19,20)21/h2-6,9-10,22H,7-8H2,1H3,(H,23,24). The Kier molecular flexibility index (Phi) is 5.72. The largest absolute Gasteiger partial charge is 0.416 e. The van der Waals surface area contributed by atoms with Crippen molar-refractivity contribution in [2.75, 3.05) is 17.2 Å². The van der Waals surface area contributed by atoms with Crippen LogP contribution in [0.1, 0.15) is 17.5 Å². The van der Waals surface area contributed by atoms with Gasteiger partial charge in [-0.05, 0) is 42.8 Å². The number of hydrogen-bond donors (Lipinski definition) is 2. The maximum absolute atomic E-state index is 12.6. The summed E-state index contributed by atoms with van der Waals surface area (Å²) in [4.78, 5) is 11.8. The summed E-state index contributed by atoms with van der Waals surface area (Å²) in [6.45, 7) is 2.22. The van der Waals surface area contributed by atoms with E-state index in [-0.39, 0.29) is 18.0 Å². The molecule has 2 N–H and O–H groups in total. The average Bonchev–Trinajstić information content (AvgIpc) is 2.50. The second-order valence-corrected chi connectivity index (χ2v) is 5.67. The third-order valence-corrected chi connectivity index (χ3v) is 3.73. The zero-order valence-electron chi connectivity index (χ0n) is 12.9. The first-order valence-corrected chi connectivity index (χ1v) is 7.60. The molecule has 0 aromatic heterocycles. The number of carbonyl (C=O) groups is 1. The van der Waals surface area contributed by atoms with Crippen LogP contribution in [-0.4, -0.2) is 12.5 Å². The van der Waals surface area contributed by atoms with Crippen LogP contribution in [0.5, 0.6) is 0 Å². The molecule has 2 aromatic rings. The lowest BCUT2D eigenvalue weighted by molar-refractivity contribution is -0.137. The second-order valence-electron chi connectivity index (χ2n) is 5.27. The van der Waals surface area contributed by atoms with Gasteiger partial charge in [0.2, 0.25) is 5.91 Å². The summed E-state index contributed by atoms with van der Waals surface area (Å²) in [5.74, 6) is -0.375. The highest BCUT2D eigenvalue weighted by Crippen LogP contribution is 2.30. The van der Waals surface area contributed by atoms with E-state index in [0.717, 1.165) is 23.4 Å². The lowest BCUT2D eigenvalue weighted by Crippen LogP contribution is -2.16. The van der Waals surface area contributed by atoms with Crippen molar-refractivity contribution in [3.8, 4) is 0 Å². The molecule has 2 aromatic carbocycles. The second kappa shape index (κ2) is 7.57. The molecule has 7 heteroatoms. The smallest absolute Gasteiger partial charge is 0.384 e. The lowest BCUT2D eigenvalue weighted by atomic mass is 10.2. The number of amides is 1. The van der Waals surface area contributed by atoms with Gasteiger partial charge in [0.1, 0.15) is 0 Å². The number of carbonyl (C=O) groups excluding carboxylic acids is 1. The maximum atomic E-state index is 12.6. The summed E-state index contributed by atoms with van der Waals surface area (Å²) >= 11 is 6.00. The molecule has 0 saturated carbocycles. The van der Waals surface area contributed by atoms with E-state index in [1.54, 1.807) is 6.07 Å². The van der Waals surface area contributed by atoms with Crippen LogP contribution in [0, 0.1) is 6.92 Å². The van der Waals surface area contributed by atoms with Crippen molar-refractivity contribution in [2.24, 2.45) is 0 Å². The van der Waals surface area contributed by atoms with Crippen molar-refractivity contribution in [3.63, 3.8) is 0 Å². The predicted octanol–water partition coefficient (Wildman–Crippen LogP) is 5.11. The molecule has 2 rings (SSSR count). The summed E-state index contributed by atoms with van der Waals surface area (Å²) in [6, 6.07) is 9.98. The third-order valence-electron chi connectivity index (χ3n) is 3.33. The number of halogens is 4. The van der Waals surface area contributed by atoms with Crippen molar-refractivity contribution >= 4 is 28.9 Å². The third kappa shape index (κ3) is 5.16. The Morgan fingerprint density at radius 1 is 1.12 bits per heavy atom. The number of rotatable bonds is 5. The monoisotopic (exact) mass is 356 g/mol. The van der Waals surface area contributed by atoms with Gasteiger partial charge in [0.15, 0.2) is 0 Å². The molecule has 0 fully saturated rings. The number of benzene rings is 2. The Bertz CT molecular complexity index is 732. The molecule has 0 bridgehead atoms. The minimum absolute atomic E-state index is 0.113. The predicted molar refractivity (Wildman–Crippen MR) is 89.4 cm³/mol. The summed E-state index contributed by atoms with van der Waals surface area (Å²) in [7, 11) is 0. The lowest BCUT2D eigenvalue weighted by Gasteiger charge is -2.11. The SMILES string of the molecule is Cc1ccc(NCCC(=O)Nc2cccc(C(F)(F)F)c2)cc1Cl. The summed E-state index contributed by atoms with van der Waals surface area (Å²) in [5, 5.41) is 6.11. The Morgan fingerprint density at radius 2 is 1.88 bits per heavy atom. The van der Waals surface area contributed by atoms with Crippen molar-refractivity contribution in [3.05, 3.63) is 58.6 Å². The zero-order valence-corrected chi connectivity index (χ0v) is 13.6. The molecule has 128 valence electrons. The minimum Gasteiger partial charge on any atom is -0.384 e. The number of anilines is 2. The number of aryl methyl sites for hydroxylation is 1. The first kappa shape index (κ1) is 18.1. The fourth-order valence-electron chi connectivity index (χ4n) is 2.02. The first-order valence-electron chi connectivity index (χ1n) is 7.23. The van der Waals surface area contributed by atoms with Crippen LogP contribution in [0.3, 0.4) is 0 Å². The molecule has 0 saturated heterocycles. The van der Waals surface area contributed by atoms with Gasteiger partial charge in [0, 0.05) is 29.4 Å². The number of hydrogen-bond acceptors (Lipinski definition) is 2. The number of alkyl halides is 3. The van der Waals surface area contributed by atoms with Crippen molar-refractivity contribution in [2.45, 2.75) is 19.5 Å². The maximum Gasteiger partial charge on any atom is 0.416 e. The van der Waals surface area contributed by atoms with Crippen LogP contribution in [-0.2, 0) is 11.0 Å². The average molecular weight is 357 g/mol. The summed E-state index contributed by atoms with van der Waals surface area (Å²) in [5.41, 5.74) is 1.04. The molecule has 0 aliphatic heterocycles. The van der Waals surface area contributed by atoms with Gasteiger partial charge in [-0.1, -0.05) is 23.7 Å². The van der Waals surface area contributed by atoms with Crippen LogP contribution in [0.25, 0.3) is 0 Å². The molecule has 3 nitrogen and oxygen atoms in total. The van der Waals surface area contributed by atoms with Crippen LogP contribution in [0.4, 0.5) is 24.5 Å². The molecule has 0 radical (unpaired) electrons. The Balaban J connectivity index is 1.86. The Hall–Kier alpha value is -2.21. The van der Waals surface area contributed by atoms with Gasteiger partial charge in [-0.3, -0.25) is 4.79 Å². The highest BCUT2D eigenvalue weighted by atomic mass is 35.5. The zero-order chi connectivity index (χ0) is 17.7. The quantitative estimate of drug-likeness (QED) is 0.781. The van der Waals surface area contributed by atoms with Crippen LogP contribution in [0.15, 0.2) is 42.5 Å². The van der Waals surface area contributed by atoms with Gasteiger partial charge >= 0.3 is 6.18 Å². The fourth-order valence-corrected chi connectivity index (χ4v) is 2.20. The first-order chi connectivity index (χ1) is 11.3. The van der Waals surface area contributed by atoms with E-state index in [2.05, 4.69) is 10.6 Å². The Labute approximate surface area is 142 Å². The molecule has 0 unspecified atom stereocenters. The number of nitrogens with one attached hydrogen (secondary N) is 2. The van der Waals surface area contributed by atoms with Crippen molar-refractivity contribution in [1.29, 1.82) is 0 Å². The van der Waals surface area contributed by atoms with Gasteiger partial charge < -0.3 is 10.6 Å². The van der Waals surface area contributed by atoms with E-state index in [0.29, 0.717) is 11.6 Å². The van der Waals surface area contributed by atoms with Crippen LogP contribution < -0.4 is 10.6 Å². The van der Waals surface area contributed by atoms with E-state index < -0.39 is 11.7 Å². The molecule has 0 aliphatic carbocycles. The van der Waals surface area contributed by atoms with Crippen molar-refractivity contribution in [1.82, 2.24) is 0 Å². The highest BCUT2D eigenvalue weighted by molar-refractivity contribution is 6.31. The Morgan fingerprint density at radius 3 is 2.54 bits per heavy atom. The van der Waals surface area contributed by atoms with E-state index in [9.17, 15) is 18.0 Å². The summed E-state index contributed by atoms with van der Waals surface area (Å²) in [6.07, 6.45) is -4.32. The van der Waals surface area contributed by atoms with E-state index in [4.69, 9.17) is 11.6 Å². The normalized spacial score (nSPS) is 11.2. The van der Waals surface area contributed by atoms with Gasteiger partial charge in [-0.15, -0.1) is 0 Å². The molecule has 0 aliphatic rings. The van der Waals surface area contributed by atoms with Gasteiger partial charge in [-0.2, -0.15) is 13.2 Å². The molecule has 0 atom stereocenters. The molecule has 0 heterocycles. The highest BCUT2D eigenvalue weighted by Gasteiger charge is 2.30. The summed E-state index contributed by atoms with van der Waals surface area (Å²) < 4.78 is 37.9. The fraction of sp³-hybridized carbons (Fsp3) is 0.235. The van der Waals surface area contributed by atoms with Gasteiger partial charge in [-0.25, -0.2) is 0 Å². The van der Waals surface area contributed by atoms with Crippen molar-refractivity contribution < 1.29 is 18.0 Å². The van der Waals surface area contributed by atoms with Crippen LogP contribution in [0.2, 0.25) is 5.02 Å². The van der Waals surface area contributed by atoms with E-state index in [1.165, 1.54) is 12.1 Å². The topological polar surface area (TPSA) is 41.1 Å². The van der Waals surface area contributed by atoms with Crippen LogP contribution >= 0.6 is 11.6 Å². The molecule has 0 spiro atoms. The molecule has 1 amide bonds. The van der Waals surface area contributed by atoms with E-state index >= 15 is 0 Å². The van der Waals surface area contributed by atoms with Gasteiger partial charge in [0.05, 0.1) is 5.56 Å². The molecule has 24 heavy (non-hydrogen) atoms. The molecular formula is C17H16ClF3N2O. The minimum atomic E-state index is -4.44. The molecular weight excluding hydrogens is 341 g/mol.